The number of hydrogen-bond acceptors (Lipinski definition) is 5. The number of nitrogens with one attached hydrogen (secondary N) is 1. The molecule has 0 saturated heterocycles. The molecule has 6 nitrogen and oxygen atoms in total. The number of anilines is 1. The van der Waals surface area contributed by atoms with Crippen molar-refractivity contribution in [3.8, 4) is 0 Å². The third kappa shape index (κ3) is 3.86. The molecular formula is C17H19N5OS. The lowest BCUT2D eigenvalue weighted by Crippen LogP contribution is -2.14. The molecule has 0 unspecified atom stereocenters. The van der Waals surface area contributed by atoms with E-state index in [1.54, 1.807) is 23.1 Å². The van der Waals surface area contributed by atoms with Crippen LogP contribution >= 0.6 is 11.3 Å². The number of nitrogens with zero attached hydrogens (tertiary/aromatic N) is 4. The summed E-state index contributed by atoms with van der Waals surface area (Å²) < 4.78 is 1.73. The molecule has 0 fully saturated rings. The first-order valence-corrected chi connectivity index (χ1v) is 8.48. The summed E-state index contributed by atoms with van der Waals surface area (Å²) in [5.41, 5.74) is 2.61. The molecule has 3 aromatic rings. The SMILES string of the molecule is CC(C)(C)c1csc(NC(=O)c2ccc(Cn3cncn3)cc2)n1. The maximum absolute atomic E-state index is 12.3. The van der Waals surface area contributed by atoms with Crippen molar-refractivity contribution in [2.45, 2.75) is 32.7 Å². The maximum atomic E-state index is 12.3. The molecule has 0 saturated carbocycles. The molecule has 7 heteroatoms. The number of aromatic nitrogens is 4. The average Bonchev–Trinajstić information content (AvgIpc) is 3.19. The van der Waals surface area contributed by atoms with Gasteiger partial charge in [-0.25, -0.2) is 14.6 Å². The Morgan fingerprint density at radius 1 is 1.25 bits per heavy atom. The normalized spacial score (nSPS) is 11.5. The first kappa shape index (κ1) is 16.3. The first-order chi connectivity index (χ1) is 11.4. The molecule has 3 rings (SSSR count). The summed E-state index contributed by atoms with van der Waals surface area (Å²) in [6.45, 7) is 6.92. The van der Waals surface area contributed by atoms with Gasteiger partial charge in [0.25, 0.3) is 5.91 Å². The summed E-state index contributed by atoms with van der Waals surface area (Å²) in [4.78, 5) is 20.7. The van der Waals surface area contributed by atoms with E-state index in [1.165, 1.54) is 17.7 Å². The smallest absolute Gasteiger partial charge is 0.257 e. The third-order valence-corrected chi connectivity index (χ3v) is 4.28. The predicted molar refractivity (Wildman–Crippen MR) is 94.3 cm³/mol. The van der Waals surface area contributed by atoms with Crippen molar-refractivity contribution in [1.82, 2.24) is 19.7 Å². The van der Waals surface area contributed by atoms with E-state index in [9.17, 15) is 4.79 Å². The van der Waals surface area contributed by atoms with Crippen LogP contribution in [-0.2, 0) is 12.0 Å². The molecule has 0 aliphatic heterocycles. The van der Waals surface area contributed by atoms with Crippen molar-refractivity contribution in [3.05, 3.63) is 59.1 Å². The van der Waals surface area contributed by atoms with E-state index in [2.05, 4.69) is 41.2 Å². The van der Waals surface area contributed by atoms with Gasteiger partial charge in [0.1, 0.15) is 12.7 Å². The lowest BCUT2D eigenvalue weighted by Gasteiger charge is -2.14. The van der Waals surface area contributed by atoms with E-state index >= 15 is 0 Å². The zero-order valence-corrected chi connectivity index (χ0v) is 14.7. The molecule has 0 spiro atoms. The van der Waals surface area contributed by atoms with Crippen LogP contribution in [0.15, 0.2) is 42.3 Å². The quantitative estimate of drug-likeness (QED) is 0.790. The van der Waals surface area contributed by atoms with Gasteiger partial charge in [0.05, 0.1) is 12.2 Å². The van der Waals surface area contributed by atoms with Crippen LogP contribution in [0.4, 0.5) is 5.13 Å². The van der Waals surface area contributed by atoms with Crippen LogP contribution in [0.25, 0.3) is 0 Å². The lowest BCUT2D eigenvalue weighted by atomic mass is 9.93. The van der Waals surface area contributed by atoms with E-state index in [-0.39, 0.29) is 11.3 Å². The summed E-state index contributed by atoms with van der Waals surface area (Å²) in [7, 11) is 0. The van der Waals surface area contributed by atoms with E-state index in [4.69, 9.17) is 0 Å². The molecule has 0 aliphatic rings. The topological polar surface area (TPSA) is 72.7 Å². The van der Waals surface area contributed by atoms with Gasteiger partial charge in [0.15, 0.2) is 5.13 Å². The van der Waals surface area contributed by atoms with Crippen LogP contribution in [-0.4, -0.2) is 25.7 Å². The number of thiazole rings is 1. The highest BCUT2D eigenvalue weighted by atomic mass is 32.1. The highest BCUT2D eigenvalue weighted by Crippen LogP contribution is 2.26. The molecular weight excluding hydrogens is 322 g/mol. The van der Waals surface area contributed by atoms with Crippen LogP contribution in [0.5, 0.6) is 0 Å². The van der Waals surface area contributed by atoms with Crippen LogP contribution in [0.2, 0.25) is 0 Å². The van der Waals surface area contributed by atoms with Gasteiger partial charge in [-0.1, -0.05) is 32.9 Å². The number of benzene rings is 1. The third-order valence-electron chi connectivity index (χ3n) is 3.52. The van der Waals surface area contributed by atoms with Gasteiger partial charge in [-0.05, 0) is 17.7 Å². The monoisotopic (exact) mass is 341 g/mol. The molecule has 1 amide bonds. The highest BCUT2D eigenvalue weighted by Gasteiger charge is 2.18. The Morgan fingerprint density at radius 2 is 2.00 bits per heavy atom. The molecule has 1 aromatic carbocycles. The highest BCUT2D eigenvalue weighted by molar-refractivity contribution is 7.14. The summed E-state index contributed by atoms with van der Waals surface area (Å²) >= 11 is 1.44. The number of carbonyl (C=O) groups excluding carboxylic acids is 1. The lowest BCUT2D eigenvalue weighted by molar-refractivity contribution is 0.102. The minimum Gasteiger partial charge on any atom is -0.298 e. The van der Waals surface area contributed by atoms with Crippen LogP contribution < -0.4 is 5.32 Å². The fourth-order valence-electron chi connectivity index (χ4n) is 2.11. The van der Waals surface area contributed by atoms with E-state index in [0.29, 0.717) is 17.2 Å². The standard InChI is InChI=1S/C17H19N5OS/c1-17(2,3)14-9-24-16(20-14)21-15(23)13-6-4-12(5-7-13)8-22-11-18-10-19-22/h4-7,9-11H,8H2,1-3H3,(H,20,21,23). The van der Waals surface area contributed by atoms with Crippen molar-refractivity contribution in [3.63, 3.8) is 0 Å². The Bertz CT molecular complexity index is 816. The van der Waals surface area contributed by atoms with Gasteiger partial charge in [-0.15, -0.1) is 11.3 Å². The molecule has 2 aromatic heterocycles. The van der Waals surface area contributed by atoms with Crippen molar-refractivity contribution >= 4 is 22.4 Å². The number of rotatable bonds is 4. The number of amides is 1. The van der Waals surface area contributed by atoms with Gasteiger partial charge in [-0.2, -0.15) is 5.10 Å². The fourth-order valence-corrected chi connectivity index (χ4v) is 3.04. The Labute approximate surface area is 144 Å². The second-order valence-corrected chi connectivity index (χ2v) is 7.39. The minimum absolute atomic E-state index is 0.0253. The van der Waals surface area contributed by atoms with Gasteiger partial charge in [0, 0.05) is 16.4 Å². The largest absolute Gasteiger partial charge is 0.298 e. The van der Waals surface area contributed by atoms with Crippen LogP contribution in [0.1, 0.15) is 42.4 Å². The van der Waals surface area contributed by atoms with E-state index in [0.717, 1.165) is 11.3 Å². The molecule has 0 atom stereocenters. The van der Waals surface area contributed by atoms with Gasteiger partial charge in [0.2, 0.25) is 0 Å². The predicted octanol–water partition coefficient (Wildman–Crippen LogP) is 3.33. The van der Waals surface area contributed by atoms with Crippen LogP contribution in [0.3, 0.4) is 0 Å². The van der Waals surface area contributed by atoms with Gasteiger partial charge < -0.3 is 0 Å². The molecule has 1 N–H and O–H groups in total. The Morgan fingerprint density at radius 3 is 2.58 bits per heavy atom. The zero-order chi connectivity index (χ0) is 17.2. The minimum atomic E-state index is -0.155. The maximum Gasteiger partial charge on any atom is 0.257 e. The molecule has 0 bridgehead atoms. The Hall–Kier alpha value is -2.54. The van der Waals surface area contributed by atoms with Crippen molar-refractivity contribution in [2.24, 2.45) is 0 Å². The van der Waals surface area contributed by atoms with Crippen molar-refractivity contribution in [1.29, 1.82) is 0 Å². The molecule has 2 heterocycles. The van der Waals surface area contributed by atoms with E-state index in [1.807, 2.05) is 17.5 Å². The van der Waals surface area contributed by atoms with Crippen molar-refractivity contribution in [2.75, 3.05) is 5.32 Å². The average molecular weight is 341 g/mol. The molecule has 24 heavy (non-hydrogen) atoms. The first-order valence-electron chi connectivity index (χ1n) is 7.60. The van der Waals surface area contributed by atoms with Crippen molar-refractivity contribution < 1.29 is 4.79 Å². The number of hydrogen-bond donors (Lipinski definition) is 1. The summed E-state index contributed by atoms with van der Waals surface area (Å²) in [5, 5.41) is 9.53. The van der Waals surface area contributed by atoms with Gasteiger partial charge in [-0.3, -0.25) is 10.1 Å². The van der Waals surface area contributed by atoms with Gasteiger partial charge >= 0.3 is 0 Å². The summed E-state index contributed by atoms with van der Waals surface area (Å²) in [5.74, 6) is -0.155. The Kier molecular flexibility index (Phi) is 4.44. The molecule has 0 radical (unpaired) electrons. The molecule has 0 aliphatic carbocycles. The second kappa shape index (κ2) is 6.52. The number of carbonyl (C=O) groups is 1. The van der Waals surface area contributed by atoms with Crippen LogP contribution in [0, 0.1) is 0 Å². The molecule has 124 valence electrons. The summed E-state index contributed by atoms with van der Waals surface area (Å²) in [6, 6.07) is 7.44. The second-order valence-electron chi connectivity index (χ2n) is 6.53. The summed E-state index contributed by atoms with van der Waals surface area (Å²) in [6.07, 6.45) is 3.16. The van der Waals surface area contributed by atoms with E-state index < -0.39 is 0 Å². The fraction of sp³-hybridized carbons (Fsp3) is 0.294. The Balaban J connectivity index is 1.65. The zero-order valence-electron chi connectivity index (χ0n) is 13.9.